The van der Waals surface area contributed by atoms with E-state index in [-0.39, 0.29) is 19.9 Å². The predicted molar refractivity (Wildman–Crippen MR) is 54.0 cm³/mol. The van der Waals surface area contributed by atoms with E-state index < -0.39 is 0 Å². The summed E-state index contributed by atoms with van der Waals surface area (Å²) in [5.41, 5.74) is 0.623. The molecule has 2 nitrogen and oxygen atoms in total. The van der Waals surface area contributed by atoms with Crippen molar-refractivity contribution < 1.29 is 4.79 Å². The van der Waals surface area contributed by atoms with Crippen molar-refractivity contribution in [3.63, 3.8) is 0 Å². The SMILES string of the molecule is CC(C)[CH2][Al][C](=O)c1ccccn1. The largest absolute Gasteiger partial charge is 0.325 e. The fourth-order valence-corrected chi connectivity index (χ4v) is 2.02. The third kappa shape index (κ3) is 3.71. The Morgan fingerprint density at radius 1 is 1.54 bits per heavy atom. The number of pyridine rings is 1. The molecule has 67 valence electrons. The number of rotatable bonds is 4. The Kier molecular flexibility index (Phi) is 4.14. The Labute approximate surface area is 85.1 Å². The van der Waals surface area contributed by atoms with E-state index in [2.05, 4.69) is 18.8 Å². The van der Waals surface area contributed by atoms with Crippen LogP contribution in [0.2, 0.25) is 5.28 Å². The van der Waals surface area contributed by atoms with Crippen LogP contribution in [0.4, 0.5) is 0 Å². The monoisotopic (exact) mass is 190 g/mol. The smallest absolute Gasteiger partial charge is 0.315 e. The van der Waals surface area contributed by atoms with Crippen molar-refractivity contribution in [2.75, 3.05) is 0 Å². The molecule has 0 aliphatic heterocycles. The van der Waals surface area contributed by atoms with Crippen LogP contribution < -0.4 is 0 Å². The lowest BCUT2D eigenvalue weighted by molar-refractivity contribution is 0.107. The normalized spacial score (nSPS) is 10.1. The summed E-state index contributed by atoms with van der Waals surface area (Å²) in [6.45, 7) is 4.28. The summed E-state index contributed by atoms with van der Waals surface area (Å²) in [5.74, 6) is 0.614. The van der Waals surface area contributed by atoms with Crippen LogP contribution in [-0.4, -0.2) is 24.8 Å². The van der Waals surface area contributed by atoms with Gasteiger partial charge in [0, 0.05) is 6.20 Å². The lowest BCUT2D eigenvalue weighted by Gasteiger charge is -2.01. The van der Waals surface area contributed by atoms with Crippen LogP contribution >= 0.6 is 0 Å². The van der Waals surface area contributed by atoms with Gasteiger partial charge >= 0.3 is 15.2 Å². The van der Waals surface area contributed by atoms with Gasteiger partial charge in [-0.05, 0) is 12.1 Å². The van der Waals surface area contributed by atoms with E-state index in [1.165, 1.54) is 0 Å². The van der Waals surface area contributed by atoms with E-state index in [4.69, 9.17) is 0 Å². The molecule has 0 bridgehead atoms. The molecule has 0 amide bonds. The van der Waals surface area contributed by atoms with Crippen LogP contribution in [0.3, 0.4) is 0 Å². The van der Waals surface area contributed by atoms with Crippen molar-refractivity contribution in [1.29, 1.82) is 0 Å². The molecule has 1 aromatic rings. The van der Waals surface area contributed by atoms with Gasteiger partial charge in [0.05, 0.1) is 10.3 Å². The maximum absolute atomic E-state index is 11.5. The van der Waals surface area contributed by atoms with Gasteiger partial charge in [-0.3, -0.25) is 4.98 Å². The zero-order valence-electron chi connectivity index (χ0n) is 8.03. The van der Waals surface area contributed by atoms with Gasteiger partial charge in [-0.15, -0.1) is 0 Å². The van der Waals surface area contributed by atoms with Crippen LogP contribution in [0.25, 0.3) is 0 Å². The molecule has 1 aromatic heterocycles. The van der Waals surface area contributed by atoms with Crippen LogP contribution in [0.15, 0.2) is 24.4 Å². The van der Waals surface area contributed by atoms with E-state index in [1.54, 1.807) is 12.3 Å². The molecule has 0 saturated carbocycles. The molecule has 0 atom stereocenters. The quantitative estimate of drug-likeness (QED) is 0.680. The molecule has 0 aromatic carbocycles. The molecule has 0 fully saturated rings. The molecule has 0 N–H and O–H groups in total. The van der Waals surface area contributed by atoms with E-state index in [0.717, 1.165) is 5.28 Å². The molecule has 0 aliphatic rings. The van der Waals surface area contributed by atoms with Crippen molar-refractivity contribution in [1.82, 2.24) is 4.98 Å². The summed E-state index contributed by atoms with van der Waals surface area (Å²) < 4.78 is 0.231. The molecule has 0 aliphatic carbocycles. The van der Waals surface area contributed by atoms with Gasteiger partial charge in [0.25, 0.3) is 0 Å². The van der Waals surface area contributed by atoms with Gasteiger partial charge in [-0.1, -0.05) is 31.1 Å². The average Bonchev–Trinajstić information content (AvgIpc) is 2.15. The molecule has 13 heavy (non-hydrogen) atoms. The fourth-order valence-electron chi connectivity index (χ4n) is 0.956. The Morgan fingerprint density at radius 3 is 2.85 bits per heavy atom. The minimum Gasteiger partial charge on any atom is -0.315 e. The van der Waals surface area contributed by atoms with Gasteiger partial charge in [0.15, 0.2) is 0 Å². The number of hydrogen-bond acceptors (Lipinski definition) is 2. The number of nitrogens with zero attached hydrogens (tertiary/aromatic N) is 1. The Bertz CT molecular complexity index is 272. The summed E-state index contributed by atoms with van der Waals surface area (Å²) in [5, 5.41) is 1.02. The minimum atomic E-state index is -0.125. The Hall–Kier alpha value is -0.648. The summed E-state index contributed by atoms with van der Waals surface area (Å²) in [4.78, 5) is 15.6. The molecular formula is C10H13AlNO. The maximum atomic E-state index is 11.5. The molecule has 0 spiro atoms. The lowest BCUT2D eigenvalue weighted by Crippen LogP contribution is -2.12. The van der Waals surface area contributed by atoms with Gasteiger partial charge < -0.3 is 4.79 Å². The second kappa shape index (κ2) is 5.16. The highest BCUT2D eigenvalue weighted by molar-refractivity contribution is 6.77. The molecule has 0 unspecified atom stereocenters. The van der Waals surface area contributed by atoms with E-state index in [9.17, 15) is 4.79 Å². The van der Waals surface area contributed by atoms with Gasteiger partial charge in [-0.25, -0.2) is 0 Å². The topological polar surface area (TPSA) is 30.0 Å². The number of carbonyl (C=O) groups is 1. The lowest BCUT2D eigenvalue weighted by atomic mass is 10.3. The molecule has 1 radical (unpaired) electrons. The summed E-state index contributed by atoms with van der Waals surface area (Å²) >= 11 is -0.125. The molecule has 0 saturated heterocycles. The van der Waals surface area contributed by atoms with E-state index >= 15 is 0 Å². The van der Waals surface area contributed by atoms with E-state index in [1.807, 2.05) is 12.1 Å². The van der Waals surface area contributed by atoms with Crippen molar-refractivity contribution in [3.05, 3.63) is 30.1 Å². The summed E-state index contributed by atoms with van der Waals surface area (Å²) in [7, 11) is 0. The van der Waals surface area contributed by atoms with Crippen molar-refractivity contribution in [3.8, 4) is 0 Å². The first-order valence-electron chi connectivity index (χ1n) is 4.48. The van der Waals surface area contributed by atoms with Crippen molar-refractivity contribution in [2.45, 2.75) is 19.1 Å². The molecule has 3 heteroatoms. The van der Waals surface area contributed by atoms with Gasteiger partial charge in [0.2, 0.25) is 0 Å². The maximum Gasteiger partial charge on any atom is 0.325 e. The number of hydrogen-bond donors (Lipinski definition) is 0. The van der Waals surface area contributed by atoms with Crippen molar-refractivity contribution >= 4 is 19.9 Å². The summed E-state index contributed by atoms with van der Waals surface area (Å²) in [6.07, 6.45) is 1.67. The van der Waals surface area contributed by atoms with Gasteiger partial charge in [-0.2, -0.15) is 0 Å². The van der Waals surface area contributed by atoms with Crippen LogP contribution in [0.1, 0.15) is 24.3 Å². The highest BCUT2D eigenvalue weighted by atomic mass is 27.1. The average molecular weight is 190 g/mol. The second-order valence-electron chi connectivity index (χ2n) is 3.41. The Balaban J connectivity index is 2.50. The van der Waals surface area contributed by atoms with Crippen LogP contribution in [0, 0.1) is 5.92 Å². The Morgan fingerprint density at radius 2 is 2.31 bits per heavy atom. The van der Waals surface area contributed by atoms with Crippen molar-refractivity contribution in [2.24, 2.45) is 5.92 Å². The number of carbonyl (C=O) groups excluding carboxylic acids is 1. The minimum absolute atomic E-state index is 0.125. The highest BCUT2D eigenvalue weighted by Crippen LogP contribution is 2.02. The zero-order chi connectivity index (χ0) is 9.68. The molecular weight excluding hydrogens is 177 g/mol. The number of aromatic nitrogens is 1. The first-order valence-corrected chi connectivity index (χ1v) is 5.88. The summed E-state index contributed by atoms with van der Waals surface area (Å²) in [6, 6.07) is 5.47. The highest BCUT2D eigenvalue weighted by Gasteiger charge is 2.09. The van der Waals surface area contributed by atoms with E-state index in [0.29, 0.717) is 11.6 Å². The second-order valence-corrected chi connectivity index (χ2v) is 4.82. The molecule has 1 heterocycles. The fraction of sp³-hybridized carbons (Fsp3) is 0.400. The molecule has 1 rings (SSSR count). The third-order valence-electron chi connectivity index (χ3n) is 1.69. The zero-order valence-corrected chi connectivity index (χ0v) is 9.18. The van der Waals surface area contributed by atoms with Crippen LogP contribution in [-0.2, 0) is 0 Å². The third-order valence-corrected chi connectivity index (χ3v) is 3.54. The first-order chi connectivity index (χ1) is 6.20. The predicted octanol–water partition coefficient (Wildman–Crippen LogP) is 2.00. The van der Waals surface area contributed by atoms with Crippen LogP contribution in [0.5, 0.6) is 0 Å². The standard InChI is InChI=1S/C6H4NO.C4H9.Al/c8-5-6-3-1-2-4-7-6;1-4(2)3;/h1-4H;4H,1H2,2-3H3;. The first kappa shape index (κ1) is 10.4. The van der Waals surface area contributed by atoms with Gasteiger partial charge in [0.1, 0.15) is 0 Å².